The van der Waals surface area contributed by atoms with Crippen LogP contribution in [0, 0.1) is 0 Å². The smallest absolute Gasteiger partial charge is 0.247 e. The number of morpholine rings is 1. The van der Waals surface area contributed by atoms with Crippen molar-refractivity contribution in [3.63, 3.8) is 0 Å². The van der Waals surface area contributed by atoms with Gasteiger partial charge in [-0.15, -0.1) is 0 Å². The first-order valence-corrected chi connectivity index (χ1v) is 8.30. The number of hydrogen-bond donors (Lipinski definition) is 0. The third-order valence-corrected chi connectivity index (χ3v) is 5.43. The third-order valence-electron chi connectivity index (χ3n) is 3.55. The first-order chi connectivity index (χ1) is 10.0. The van der Waals surface area contributed by atoms with Gasteiger partial charge >= 0.3 is 0 Å². The van der Waals surface area contributed by atoms with E-state index in [1.54, 1.807) is 12.1 Å². The van der Waals surface area contributed by atoms with E-state index in [2.05, 4.69) is 0 Å². The Labute approximate surface area is 125 Å². The van der Waals surface area contributed by atoms with Crippen LogP contribution in [-0.2, 0) is 14.8 Å². The zero-order valence-corrected chi connectivity index (χ0v) is 13.4. The van der Waals surface area contributed by atoms with Crippen molar-refractivity contribution in [3.05, 3.63) is 18.2 Å². The lowest BCUT2D eigenvalue weighted by atomic mass is 10.2. The summed E-state index contributed by atoms with van der Waals surface area (Å²) in [5.41, 5.74) is 0. The van der Waals surface area contributed by atoms with Gasteiger partial charge in [0.05, 0.1) is 26.9 Å². The van der Waals surface area contributed by atoms with Gasteiger partial charge in [0.1, 0.15) is 16.4 Å². The second kappa shape index (κ2) is 6.64. The van der Waals surface area contributed by atoms with Gasteiger partial charge in [-0.2, -0.15) is 4.31 Å². The maximum atomic E-state index is 12.8. The van der Waals surface area contributed by atoms with Crippen LogP contribution in [0.4, 0.5) is 0 Å². The van der Waals surface area contributed by atoms with Crippen LogP contribution in [0.3, 0.4) is 0 Å². The monoisotopic (exact) mass is 315 g/mol. The summed E-state index contributed by atoms with van der Waals surface area (Å²) in [4.78, 5) is 0.126. The van der Waals surface area contributed by atoms with Crippen LogP contribution in [0.15, 0.2) is 23.1 Å². The summed E-state index contributed by atoms with van der Waals surface area (Å²) in [5, 5.41) is 0. The summed E-state index contributed by atoms with van der Waals surface area (Å²) < 4.78 is 42.9. The van der Waals surface area contributed by atoms with Gasteiger partial charge in [-0.1, -0.05) is 6.92 Å². The molecular formula is C14H21NO5S. The Morgan fingerprint density at radius 1 is 1.33 bits per heavy atom. The molecule has 0 radical (unpaired) electrons. The maximum absolute atomic E-state index is 12.8. The number of benzene rings is 1. The molecule has 0 saturated carbocycles. The molecule has 6 nitrogen and oxygen atoms in total. The van der Waals surface area contributed by atoms with Gasteiger partial charge in [0.2, 0.25) is 10.0 Å². The van der Waals surface area contributed by atoms with Crippen LogP contribution in [-0.4, -0.2) is 52.7 Å². The van der Waals surface area contributed by atoms with Crippen LogP contribution in [0.5, 0.6) is 11.5 Å². The Bertz CT molecular complexity index is 587. The highest BCUT2D eigenvalue weighted by Crippen LogP contribution is 2.31. The molecule has 1 fully saturated rings. The number of ether oxygens (including phenoxy) is 3. The van der Waals surface area contributed by atoms with Gasteiger partial charge in [-0.3, -0.25) is 0 Å². The van der Waals surface area contributed by atoms with E-state index in [4.69, 9.17) is 14.2 Å². The van der Waals surface area contributed by atoms with Crippen LogP contribution in [0.2, 0.25) is 0 Å². The molecule has 0 aliphatic carbocycles. The summed E-state index contributed by atoms with van der Waals surface area (Å²) in [6.07, 6.45) is 0.714. The van der Waals surface area contributed by atoms with Crippen LogP contribution < -0.4 is 9.47 Å². The summed E-state index contributed by atoms with van der Waals surface area (Å²) in [6, 6.07) is 4.76. The van der Waals surface area contributed by atoms with E-state index in [9.17, 15) is 8.42 Å². The average molecular weight is 315 g/mol. The zero-order chi connectivity index (χ0) is 15.5. The zero-order valence-electron chi connectivity index (χ0n) is 12.5. The van der Waals surface area contributed by atoms with E-state index < -0.39 is 10.0 Å². The second-order valence-electron chi connectivity index (χ2n) is 4.78. The lowest BCUT2D eigenvalue weighted by Gasteiger charge is -2.32. The van der Waals surface area contributed by atoms with Crippen molar-refractivity contribution >= 4 is 10.0 Å². The lowest BCUT2D eigenvalue weighted by molar-refractivity contribution is -0.00281. The van der Waals surface area contributed by atoms with Crippen molar-refractivity contribution < 1.29 is 22.6 Å². The third kappa shape index (κ3) is 3.30. The molecule has 1 saturated heterocycles. The molecule has 7 heteroatoms. The van der Waals surface area contributed by atoms with Crippen molar-refractivity contribution in [3.8, 4) is 11.5 Å². The molecule has 1 aromatic carbocycles. The van der Waals surface area contributed by atoms with Crippen LogP contribution >= 0.6 is 0 Å². The molecule has 0 amide bonds. The van der Waals surface area contributed by atoms with Crippen molar-refractivity contribution in [2.75, 3.05) is 33.9 Å². The summed E-state index contributed by atoms with van der Waals surface area (Å²) in [5.74, 6) is 0.796. The SMILES string of the molecule is CC[C@@H]1CN(S(=O)(=O)c2cc(OC)ccc2OC)CCO1. The van der Waals surface area contributed by atoms with Crippen molar-refractivity contribution in [1.29, 1.82) is 0 Å². The summed E-state index contributed by atoms with van der Waals surface area (Å²) >= 11 is 0. The Morgan fingerprint density at radius 3 is 2.71 bits per heavy atom. The standard InChI is InChI=1S/C14H21NO5S/c1-4-11-10-15(7-8-20-11)21(16,17)14-9-12(18-2)5-6-13(14)19-3/h5-6,9,11H,4,7-8,10H2,1-3H3/t11-/m1/s1. The van der Waals surface area contributed by atoms with Crippen molar-refractivity contribution in [1.82, 2.24) is 4.31 Å². The maximum Gasteiger partial charge on any atom is 0.247 e. The Kier molecular flexibility index (Phi) is 5.08. The van der Waals surface area contributed by atoms with Crippen molar-refractivity contribution in [2.45, 2.75) is 24.3 Å². The number of sulfonamides is 1. The lowest BCUT2D eigenvalue weighted by Crippen LogP contribution is -2.45. The van der Waals surface area contributed by atoms with Crippen LogP contribution in [0.25, 0.3) is 0 Å². The van der Waals surface area contributed by atoms with E-state index >= 15 is 0 Å². The molecule has 21 heavy (non-hydrogen) atoms. The van der Waals surface area contributed by atoms with Gasteiger partial charge < -0.3 is 14.2 Å². The highest BCUT2D eigenvalue weighted by atomic mass is 32.2. The van der Waals surface area contributed by atoms with E-state index in [0.717, 1.165) is 6.42 Å². The molecule has 0 N–H and O–H groups in total. The van der Waals surface area contributed by atoms with Gasteiger partial charge in [-0.25, -0.2) is 8.42 Å². The molecule has 1 heterocycles. The predicted molar refractivity (Wildman–Crippen MR) is 78.3 cm³/mol. The molecule has 118 valence electrons. The number of rotatable bonds is 5. The van der Waals surface area contributed by atoms with Gasteiger partial charge in [0, 0.05) is 19.2 Å². The molecular weight excluding hydrogens is 294 g/mol. The minimum Gasteiger partial charge on any atom is -0.497 e. The largest absolute Gasteiger partial charge is 0.497 e. The number of hydrogen-bond acceptors (Lipinski definition) is 5. The predicted octanol–water partition coefficient (Wildman–Crippen LogP) is 1.50. The van der Waals surface area contributed by atoms with E-state index in [1.807, 2.05) is 6.92 Å². The molecule has 0 aromatic heterocycles. The summed E-state index contributed by atoms with van der Waals surface area (Å²) in [6.45, 7) is 3.09. The minimum atomic E-state index is -3.63. The molecule has 1 atom stereocenters. The van der Waals surface area contributed by atoms with Gasteiger partial charge in [-0.05, 0) is 18.6 Å². The molecule has 1 aliphatic heterocycles. The highest BCUT2D eigenvalue weighted by Gasteiger charge is 2.32. The van der Waals surface area contributed by atoms with Crippen molar-refractivity contribution in [2.24, 2.45) is 0 Å². The quantitative estimate of drug-likeness (QED) is 0.824. The average Bonchev–Trinajstić information content (AvgIpc) is 2.54. The number of nitrogens with zero attached hydrogens (tertiary/aromatic N) is 1. The summed E-state index contributed by atoms with van der Waals surface area (Å²) in [7, 11) is -0.679. The fourth-order valence-corrected chi connectivity index (χ4v) is 3.91. The van der Waals surface area contributed by atoms with E-state index in [0.29, 0.717) is 31.2 Å². The molecule has 2 rings (SSSR count). The molecule has 1 aliphatic rings. The Morgan fingerprint density at radius 2 is 2.10 bits per heavy atom. The Balaban J connectivity index is 2.38. The Hall–Kier alpha value is -1.31. The van der Waals surface area contributed by atoms with Crippen LogP contribution in [0.1, 0.15) is 13.3 Å². The molecule has 0 bridgehead atoms. The van der Waals surface area contributed by atoms with Gasteiger partial charge in [0.25, 0.3) is 0 Å². The number of methoxy groups -OCH3 is 2. The molecule has 0 unspecified atom stereocenters. The second-order valence-corrected chi connectivity index (χ2v) is 6.69. The molecule has 1 aromatic rings. The van der Waals surface area contributed by atoms with Gasteiger partial charge in [0.15, 0.2) is 0 Å². The highest BCUT2D eigenvalue weighted by molar-refractivity contribution is 7.89. The van der Waals surface area contributed by atoms with E-state index in [1.165, 1.54) is 24.6 Å². The first kappa shape index (κ1) is 16.1. The normalized spacial score (nSPS) is 20.2. The fourth-order valence-electron chi connectivity index (χ4n) is 2.28. The molecule has 0 spiro atoms. The first-order valence-electron chi connectivity index (χ1n) is 6.86. The minimum absolute atomic E-state index is 0.0647. The van der Waals surface area contributed by atoms with E-state index in [-0.39, 0.29) is 11.0 Å². The fraction of sp³-hybridized carbons (Fsp3) is 0.571. The topological polar surface area (TPSA) is 65.1 Å².